The minimum atomic E-state index is -7.22. The number of benzene rings is 5. The van der Waals surface area contributed by atoms with Crippen molar-refractivity contribution >= 4 is 45.6 Å². The topological polar surface area (TPSA) is 43.1 Å². The highest BCUT2D eigenvalue weighted by Crippen LogP contribution is 2.30. The van der Waals surface area contributed by atoms with Crippen LogP contribution in [0.1, 0.15) is 16.1 Å². The predicted molar refractivity (Wildman–Crippen MR) is 175 cm³/mol. The Balaban J connectivity index is 0.000000345. The molecule has 6 aromatic rings. The molecule has 0 saturated heterocycles. The van der Waals surface area contributed by atoms with Gasteiger partial charge in [-0.2, -0.15) is 4.57 Å². The van der Waals surface area contributed by atoms with Gasteiger partial charge in [-0.05, 0) is 0 Å². The molecule has 6 rings (SSSR count). The largest absolute Gasteiger partial charge is 0.444 e. The van der Waals surface area contributed by atoms with Gasteiger partial charge in [0.05, 0.1) is 6.20 Å². The van der Waals surface area contributed by atoms with Gasteiger partial charge in [0.25, 0.3) is 0 Å². The van der Waals surface area contributed by atoms with Gasteiger partial charge in [-0.15, -0.1) is 21.9 Å². The van der Waals surface area contributed by atoms with E-state index in [2.05, 4.69) is 9.72 Å². The normalized spacial score (nSPS) is 11.4. The van der Waals surface area contributed by atoms with Gasteiger partial charge in [0, 0.05) is 5.56 Å². The number of aromatic nitrogens is 2. The monoisotopic (exact) mass is 942 g/mol. The third kappa shape index (κ3) is 7.86. The fraction of sp³-hybridized carbons (Fsp3) is 0.0541. The Morgan fingerprint density at radius 2 is 0.762 bits per heavy atom. The number of nitrogens with zero attached hydrogens (tertiary/aromatic N) is 2. The second-order valence-electron chi connectivity index (χ2n) is 12.4. The average molecular weight is 943 g/mol. The van der Waals surface area contributed by atoms with Crippen LogP contribution in [0.2, 0.25) is 0 Å². The molecule has 0 aliphatic carbocycles. The Labute approximate surface area is 341 Å². The van der Waals surface area contributed by atoms with E-state index in [0.29, 0.717) is 6.54 Å². The Morgan fingerprint density at radius 1 is 0.476 bits per heavy atom. The predicted octanol–water partition coefficient (Wildman–Crippen LogP) is 7.62. The summed E-state index contributed by atoms with van der Waals surface area (Å²) in [4.78, 5) is 15.4. The summed E-state index contributed by atoms with van der Waals surface area (Å²) >= 11 is 5.34. The number of hydrogen-bond donors (Lipinski definition) is 0. The van der Waals surface area contributed by atoms with Crippen LogP contribution in [0.4, 0.5) is 87.8 Å². The molecule has 0 aliphatic heterocycles. The molecule has 332 valence electrons. The van der Waals surface area contributed by atoms with Crippen LogP contribution in [0.25, 0.3) is 0 Å². The molecule has 0 N–H and O–H groups in total. The van der Waals surface area contributed by atoms with Crippen LogP contribution in [-0.2, 0) is 11.3 Å². The fourth-order valence-corrected chi connectivity index (χ4v) is 6.53. The van der Waals surface area contributed by atoms with Crippen LogP contribution in [0.5, 0.6) is 0 Å². The number of carbonyl (C=O) groups is 1. The van der Waals surface area contributed by atoms with E-state index in [1.807, 2.05) is 34.9 Å². The van der Waals surface area contributed by atoms with Crippen molar-refractivity contribution in [1.29, 1.82) is 0 Å². The second-order valence-corrected chi connectivity index (χ2v) is 12.7. The Bertz CT molecular complexity index is 2440. The van der Waals surface area contributed by atoms with E-state index < -0.39 is 150 Å². The first-order chi connectivity index (χ1) is 29.5. The maximum Gasteiger partial charge on any atom is 0.364 e. The third-order valence-electron chi connectivity index (χ3n) is 9.07. The van der Waals surface area contributed by atoms with Crippen LogP contribution in [0.15, 0.2) is 48.9 Å². The molecule has 0 radical (unpaired) electrons. The van der Waals surface area contributed by atoms with E-state index in [4.69, 9.17) is 11.6 Å². The number of esters is 1. The summed E-state index contributed by atoms with van der Waals surface area (Å²) in [6.07, 6.45) is -2.22. The molecule has 1 aromatic heterocycles. The molecule has 0 atom stereocenters. The third-order valence-corrected chi connectivity index (χ3v) is 9.18. The molecule has 0 saturated carbocycles. The minimum Gasteiger partial charge on any atom is -0.444 e. The van der Waals surface area contributed by atoms with Crippen molar-refractivity contribution in [2.75, 3.05) is 6.07 Å². The number of alkyl halides is 1. The number of carbonyl (C=O) groups excluding carboxylic acids is 1. The van der Waals surface area contributed by atoms with Crippen LogP contribution in [-0.4, -0.2) is 23.2 Å². The molecule has 1 heterocycles. The molecular weight excluding hydrogens is 931 g/mol. The van der Waals surface area contributed by atoms with E-state index in [9.17, 15) is 57.5 Å². The van der Waals surface area contributed by atoms with Crippen molar-refractivity contribution in [3.05, 3.63) is 177 Å². The fourth-order valence-electron chi connectivity index (χ4n) is 6.43. The molecule has 0 fully saturated rings. The van der Waals surface area contributed by atoms with Gasteiger partial charge in [0.15, 0.2) is 88.6 Å². The minimum absolute atomic E-state index is 0.173. The van der Waals surface area contributed by atoms with Gasteiger partial charge in [-0.3, -0.25) is 0 Å². The summed E-state index contributed by atoms with van der Waals surface area (Å²) in [7, 11) is 0. The molecule has 0 unspecified atom stereocenters. The quantitative estimate of drug-likeness (QED) is 0.0301. The van der Waals surface area contributed by atoms with Crippen LogP contribution in [0, 0.1) is 116 Å². The molecule has 0 aliphatic rings. The zero-order chi connectivity index (χ0) is 47.2. The summed E-state index contributed by atoms with van der Waals surface area (Å²) in [5, 5.41) is 0. The summed E-state index contributed by atoms with van der Waals surface area (Å²) in [6, 6.07) is 9.77. The number of ether oxygens (including phenoxy) is 1. The first-order valence-corrected chi connectivity index (χ1v) is 16.9. The van der Waals surface area contributed by atoms with Gasteiger partial charge < -0.3 is 4.74 Å². The lowest BCUT2D eigenvalue weighted by Crippen LogP contribution is -2.81. The maximum atomic E-state index is 15.4. The molecule has 26 heteroatoms. The summed E-state index contributed by atoms with van der Waals surface area (Å²) in [5.41, 5.74) is -12.9. The standard InChI is InChI=1S/C24BF20.C13H12ClN2O2/c26-5-1(6(27)14(35)21(42)13(5)34)25(2-7(28)15(36)22(43)16(37)8(2)29,3-9(30)17(38)23(44)18(39)10(3)31)4-11(32)19(40)24(45)20(41)12(4)33;14-10-18-13(17)12-9-16(7-6-15-12)8-11-4-2-1-3-5-11/h;1-7,9H,8,10H2/q-1;+1. The summed E-state index contributed by atoms with van der Waals surface area (Å²) in [6.45, 7) is 0.671. The lowest BCUT2D eigenvalue weighted by molar-refractivity contribution is -0.689. The van der Waals surface area contributed by atoms with E-state index >= 15 is 35.1 Å². The smallest absolute Gasteiger partial charge is 0.364 e. The van der Waals surface area contributed by atoms with E-state index in [0.717, 1.165) is 5.56 Å². The zero-order valence-corrected chi connectivity index (χ0v) is 30.5. The highest BCUT2D eigenvalue weighted by molar-refractivity contribution is 7.20. The van der Waals surface area contributed by atoms with Crippen molar-refractivity contribution < 1.29 is 102 Å². The highest BCUT2D eigenvalue weighted by atomic mass is 35.5. The summed E-state index contributed by atoms with van der Waals surface area (Å²) in [5.74, 6) is -71.9. The first kappa shape index (κ1) is 47.7. The molecule has 0 amide bonds. The van der Waals surface area contributed by atoms with Crippen molar-refractivity contribution in [3.63, 3.8) is 0 Å². The maximum absolute atomic E-state index is 15.4. The molecule has 0 bridgehead atoms. The first-order valence-electron chi connectivity index (χ1n) is 16.3. The molecule has 63 heavy (non-hydrogen) atoms. The molecule has 0 spiro atoms. The second kappa shape index (κ2) is 18.1. The van der Waals surface area contributed by atoms with Gasteiger partial charge in [0.1, 0.15) is 52.7 Å². The van der Waals surface area contributed by atoms with Crippen LogP contribution < -0.4 is 26.4 Å². The van der Waals surface area contributed by atoms with Crippen LogP contribution >= 0.6 is 11.6 Å². The SMILES string of the molecule is Fc1c(F)c(F)c([B-](c2c(F)c(F)c(F)c(F)c2F)(c2c(F)c(F)c(F)c(F)c2F)c2c(F)c(F)c(F)c(F)c2F)c(F)c1F.O=C(OCCl)c1c[n+](Cc2ccccc2)ccn1. The Hall–Kier alpha value is -6.40. The Kier molecular flexibility index (Phi) is 13.7. The van der Waals surface area contributed by atoms with Gasteiger partial charge >= 0.3 is 5.97 Å². The highest BCUT2D eigenvalue weighted by Gasteiger charge is 2.52. The Morgan fingerprint density at radius 3 is 1.05 bits per heavy atom. The van der Waals surface area contributed by atoms with Gasteiger partial charge in [0.2, 0.25) is 11.9 Å². The van der Waals surface area contributed by atoms with Crippen molar-refractivity contribution in [1.82, 2.24) is 4.98 Å². The van der Waals surface area contributed by atoms with Crippen molar-refractivity contribution in [3.8, 4) is 0 Å². The van der Waals surface area contributed by atoms with Crippen LogP contribution in [0.3, 0.4) is 0 Å². The van der Waals surface area contributed by atoms with Crippen molar-refractivity contribution in [2.45, 2.75) is 6.54 Å². The van der Waals surface area contributed by atoms with E-state index in [1.54, 1.807) is 18.6 Å². The molecule has 4 nitrogen and oxygen atoms in total. The van der Waals surface area contributed by atoms with E-state index in [1.165, 1.54) is 0 Å². The number of halogens is 21. The van der Waals surface area contributed by atoms with Crippen molar-refractivity contribution in [2.24, 2.45) is 0 Å². The van der Waals surface area contributed by atoms with Gasteiger partial charge in [-0.25, -0.2) is 97.6 Å². The van der Waals surface area contributed by atoms with E-state index in [-0.39, 0.29) is 11.8 Å². The lowest BCUT2D eigenvalue weighted by atomic mass is 9.12. The summed E-state index contributed by atoms with van der Waals surface area (Å²) < 4.78 is 301. The molecular formula is C37H12BClF20N2O2. The average Bonchev–Trinajstić information content (AvgIpc) is 3.27. The van der Waals surface area contributed by atoms with Gasteiger partial charge in [-0.1, -0.05) is 41.9 Å². The number of rotatable bonds is 8. The zero-order valence-electron chi connectivity index (χ0n) is 29.8. The lowest BCUT2D eigenvalue weighted by Gasteiger charge is -2.44. The number of hydrogen-bond acceptors (Lipinski definition) is 3. The molecule has 5 aromatic carbocycles.